The first kappa shape index (κ1) is 37.3. The quantitative estimate of drug-likeness (QED) is 0.112. The number of aromatic amines is 1. The molecule has 0 saturated carbocycles. The predicted molar refractivity (Wildman–Crippen MR) is 175 cm³/mol. The van der Waals surface area contributed by atoms with Crippen LogP contribution in [0.25, 0.3) is 10.9 Å². The lowest BCUT2D eigenvalue weighted by Gasteiger charge is -2.43. The highest BCUT2D eigenvalue weighted by atomic mass is 19.4. The zero-order valence-electron chi connectivity index (χ0n) is 28.2. The number of likely N-dealkylation sites (tertiary alicyclic amines) is 1. The zero-order chi connectivity index (χ0) is 37.4. The van der Waals surface area contributed by atoms with Crippen molar-refractivity contribution in [2.24, 2.45) is 0 Å². The van der Waals surface area contributed by atoms with Crippen LogP contribution in [-0.4, -0.2) is 65.7 Å². The molecule has 2 aliphatic rings. The Hall–Kier alpha value is -4.47. The highest BCUT2D eigenvalue weighted by molar-refractivity contribution is 5.86. The minimum atomic E-state index is -5.05. The molecule has 1 unspecified atom stereocenters. The molecule has 15 heteroatoms. The van der Waals surface area contributed by atoms with Crippen molar-refractivity contribution in [1.82, 2.24) is 14.8 Å². The molecular formula is C37H36F7N3O5. The maximum Gasteiger partial charge on any atom is 0.416 e. The Labute approximate surface area is 294 Å². The van der Waals surface area contributed by atoms with Crippen LogP contribution in [0.15, 0.2) is 66.9 Å². The Balaban J connectivity index is 1.18. The highest BCUT2D eigenvalue weighted by Crippen LogP contribution is 2.40. The average Bonchev–Trinajstić information content (AvgIpc) is 3.51. The number of piperidine rings is 1. The number of ether oxygens (including phenoxy) is 3. The fourth-order valence-corrected chi connectivity index (χ4v) is 6.90. The molecule has 2 fully saturated rings. The van der Waals surface area contributed by atoms with Crippen molar-refractivity contribution >= 4 is 22.8 Å². The molecule has 0 aliphatic carbocycles. The summed E-state index contributed by atoms with van der Waals surface area (Å²) in [6, 6.07) is 10.9. The number of amides is 1. The molecule has 1 N–H and O–H groups in total. The van der Waals surface area contributed by atoms with Gasteiger partial charge in [0.15, 0.2) is 6.29 Å². The molecule has 0 spiro atoms. The van der Waals surface area contributed by atoms with Crippen LogP contribution in [0.3, 0.4) is 0 Å². The van der Waals surface area contributed by atoms with Gasteiger partial charge in [-0.2, -0.15) is 26.3 Å². The number of alkyl halides is 6. The molecule has 0 bridgehead atoms. The lowest BCUT2D eigenvalue weighted by atomic mass is 9.89. The number of H-pyrrole nitrogens is 1. The first-order valence-electron chi connectivity index (χ1n) is 16.7. The number of nitrogens with zero attached hydrogens (tertiary/aromatic N) is 2. The van der Waals surface area contributed by atoms with Crippen LogP contribution in [-0.2, 0) is 31.4 Å². The number of hydrogen-bond donors (Lipinski definition) is 1. The SMILES string of the molecule is CC(=O)Oc1ccc2[nH]cc(C3CCN(CC(=O)N4CCO[C@H](OC(C)c5cc(C(F)(F)F)cc(C(F)(F)F)c5)[C@@H]4c4ccc(F)cc4)CC3)c2c1. The van der Waals surface area contributed by atoms with E-state index in [9.17, 15) is 40.3 Å². The van der Waals surface area contributed by atoms with Crippen LogP contribution in [0, 0.1) is 5.82 Å². The van der Waals surface area contributed by atoms with Crippen molar-refractivity contribution in [1.29, 1.82) is 0 Å². The summed E-state index contributed by atoms with van der Waals surface area (Å²) in [5.74, 6) is -0.639. The smallest absolute Gasteiger partial charge is 0.416 e. The maximum atomic E-state index is 13.9. The summed E-state index contributed by atoms with van der Waals surface area (Å²) in [4.78, 5) is 32.2. The number of rotatable bonds is 8. The van der Waals surface area contributed by atoms with Gasteiger partial charge in [0.2, 0.25) is 5.91 Å². The topological polar surface area (TPSA) is 84.1 Å². The number of halogens is 7. The number of aromatic nitrogens is 1. The Kier molecular flexibility index (Phi) is 10.7. The van der Waals surface area contributed by atoms with Crippen molar-refractivity contribution < 1.29 is 54.5 Å². The molecular weight excluding hydrogens is 699 g/mol. The molecule has 6 rings (SSSR count). The van der Waals surface area contributed by atoms with Crippen molar-refractivity contribution in [2.45, 2.75) is 63.4 Å². The molecule has 4 aromatic rings. The molecule has 2 saturated heterocycles. The van der Waals surface area contributed by atoms with Crippen LogP contribution < -0.4 is 4.74 Å². The van der Waals surface area contributed by atoms with Crippen LogP contribution >= 0.6 is 0 Å². The van der Waals surface area contributed by atoms with Gasteiger partial charge in [-0.25, -0.2) is 4.39 Å². The van der Waals surface area contributed by atoms with Crippen molar-refractivity contribution in [3.63, 3.8) is 0 Å². The molecule has 52 heavy (non-hydrogen) atoms. The monoisotopic (exact) mass is 735 g/mol. The zero-order valence-corrected chi connectivity index (χ0v) is 28.2. The summed E-state index contributed by atoms with van der Waals surface area (Å²) in [6.07, 6.45) is -9.29. The number of carbonyl (C=O) groups is 2. The van der Waals surface area contributed by atoms with Crippen LogP contribution in [0.1, 0.15) is 72.6 Å². The van der Waals surface area contributed by atoms with Gasteiger partial charge in [0.05, 0.1) is 30.4 Å². The third-order valence-electron chi connectivity index (χ3n) is 9.49. The molecule has 3 heterocycles. The van der Waals surface area contributed by atoms with E-state index >= 15 is 0 Å². The summed E-state index contributed by atoms with van der Waals surface area (Å²) in [5, 5.41) is 0.948. The van der Waals surface area contributed by atoms with E-state index in [0.717, 1.165) is 29.3 Å². The van der Waals surface area contributed by atoms with Crippen LogP contribution in [0.4, 0.5) is 30.7 Å². The molecule has 3 atom stereocenters. The Morgan fingerprint density at radius 3 is 2.19 bits per heavy atom. The third kappa shape index (κ3) is 8.42. The van der Waals surface area contributed by atoms with Gasteiger partial charge < -0.3 is 24.1 Å². The second-order valence-electron chi connectivity index (χ2n) is 13.0. The van der Waals surface area contributed by atoms with Gasteiger partial charge in [0.25, 0.3) is 0 Å². The maximum absolute atomic E-state index is 13.9. The van der Waals surface area contributed by atoms with Crippen LogP contribution in [0.5, 0.6) is 5.75 Å². The summed E-state index contributed by atoms with van der Waals surface area (Å²) in [6.45, 7) is 3.94. The molecule has 8 nitrogen and oxygen atoms in total. The van der Waals surface area contributed by atoms with E-state index in [4.69, 9.17) is 14.2 Å². The summed E-state index contributed by atoms with van der Waals surface area (Å²) in [7, 11) is 0. The van der Waals surface area contributed by atoms with Gasteiger partial charge in [-0.15, -0.1) is 0 Å². The molecule has 2 aliphatic heterocycles. The predicted octanol–water partition coefficient (Wildman–Crippen LogP) is 8.15. The first-order chi connectivity index (χ1) is 24.6. The molecule has 1 aromatic heterocycles. The van der Waals surface area contributed by atoms with Crippen molar-refractivity contribution in [3.05, 3.63) is 100 Å². The van der Waals surface area contributed by atoms with E-state index in [-0.39, 0.29) is 43.2 Å². The number of fused-ring (bicyclic) bond motifs is 1. The molecule has 0 radical (unpaired) electrons. The Morgan fingerprint density at radius 2 is 1.58 bits per heavy atom. The van der Waals surface area contributed by atoms with Gasteiger partial charge in [0, 0.05) is 30.6 Å². The van der Waals surface area contributed by atoms with E-state index in [0.29, 0.717) is 36.5 Å². The lowest BCUT2D eigenvalue weighted by molar-refractivity contribution is -0.229. The van der Waals surface area contributed by atoms with Crippen LogP contribution in [0.2, 0.25) is 0 Å². The Bertz CT molecular complexity index is 1870. The van der Waals surface area contributed by atoms with Gasteiger partial charge in [-0.05, 0) is 104 Å². The fraction of sp³-hybridized carbons (Fsp3) is 0.405. The number of hydrogen-bond acceptors (Lipinski definition) is 6. The molecule has 1 amide bonds. The number of carbonyl (C=O) groups excluding carboxylic acids is 2. The third-order valence-corrected chi connectivity index (χ3v) is 9.49. The number of nitrogens with one attached hydrogen (secondary N) is 1. The Morgan fingerprint density at radius 1 is 0.923 bits per heavy atom. The van der Waals surface area contributed by atoms with Crippen molar-refractivity contribution in [2.75, 3.05) is 32.8 Å². The molecule has 278 valence electrons. The first-order valence-corrected chi connectivity index (χ1v) is 16.7. The van der Waals surface area contributed by atoms with Gasteiger partial charge in [-0.1, -0.05) is 12.1 Å². The van der Waals surface area contributed by atoms with E-state index in [1.165, 1.54) is 43.0 Å². The number of morpholine rings is 1. The van der Waals surface area contributed by atoms with E-state index < -0.39 is 53.7 Å². The minimum Gasteiger partial charge on any atom is -0.427 e. The number of esters is 1. The van der Waals surface area contributed by atoms with E-state index in [1.54, 1.807) is 6.07 Å². The normalized spacial score (nSPS) is 19.9. The number of benzene rings is 3. The summed E-state index contributed by atoms with van der Waals surface area (Å²) in [5.41, 5.74) is -0.946. The largest absolute Gasteiger partial charge is 0.427 e. The van der Waals surface area contributed by atoms with E-state index in [1.807, 2.05) is 23.2 Å². The highest BCUT2D eigenvalue weighted by Gasteiger charge is 2.41. The van der Waals surface area contributed by atoms with Crippen molar-refractivity contribution in [3.8, 4) is 5.75 Å². The lowest BCUT2D eigenvalue weighted by Crippen LogP contribution is -2.52. The van der Waals surface area contributed by atoms with Gasteiger partial charge >= 0.3 is 18.3 Å². The standard InChI is InChI=1S/C37H36F7N3O5/c1-21(25-15-26(36(39,40)41)17-27(16-25)37(42,43)44)51-35-34(24-3-5-28(38)6-4-24)47(13-14-50-35)33(49)20-46-11-9-23(10-12-46)31-19-45-32-8-7-29(18-30(31)32)52-22(2)48/h3-8,15-19,21,23,34-35,45H,9-14,20H2,1-2H3/t21?,34-,35+/m0/s1. The second kappa shape index (κ2) is 14.9. The van der Waals surface area contributed by atoms with Gasteiger partial charge in [0.1, 0.15) is 17.6 Å². The average molecular weight is 736 g/mol. The van der Waals surface area contributed by atoms with E-state index in [2.05, 4.69) is 4.98 Å². The minimum absolute atomic E-state index is 0.0187. The second-order valence-corrected chi connectivity index (χ2v) is 13.0. The summed E-state index contributed by atoms with van der Waals surface area (Å²) < 4.78 is 113. The fourth-order valence-electron chi connectivity index (χ4n) is 6.90. The summed E-state index contributed by atoms with van der Waals surface area (Å²) >= 11 is 0. The molecule has 3 aromatic carbocycles. The van der Waals surface area contributed by atoms with Gasteiger partial charge in [-0.3, -0.25) is 14.5 Å².